The minimum absolute atomic E-state index is 0. The van der Waals surface area contributed by atoms with E-state index in [2.05, 4.69) is 48.7 Å². The Balaban J connectivity index is 0.000000980. The highest BCUT2D eigenvalue weighted by Crippen LogP contribution is 2.18. The van der Waals surface area contributed by atoms with E-state index in [-0.39, 0.29) is 5.48 Å². The highest BCUT2D eigenvalue weighted by atomic mass is 32.1. The Labute approximate surface area is 88.3 Å². The Kier molecular flexibility index (Phi) is 3.86. The lowest BCUT2D eigenvalue weighted by atomic mass is 10.1. The van der Waals surface area contributed by atoms with Gasteiger partial charge in [0.2, 0.25) is 0 Å². The van der Waals surface area contributed by atoms with Gasteiger partial charge in [-0.2, -0.15) is 0 Å². The van der Waals surface area contributed by atoms with Crippen molar-refractivity contribution in [1.82, 2.24) is 0 Å². The van der Waals surface area contributed by atoms with E-state index in [9.17, 15) is 0 Å². The fraction of sp³-hybridized carbons (Fsp3) is 0.167. The van der Waals surface area contributed by atoms with E-state index < -0.39 is 0 Å². The molecule has 0 radical (unpaired) electrons. The van der Waals surface area contributed by atoms with Crippen LogP contribution in [0.1, 0.15) is 16.0 Å². The lowest BCUT2D eigenvalue weighted by Gasteiger charge is -1.97. The molecule has 0 bridgehead atoms. The summed E-state index contributed by atoms with van der Waals surface area (Å²) >= 11 is 1.37. The first-order chi connectivity index (χ1) is 6.36. The molecular weight excluding hydrogens is 192 g/mol. The van der Waals surface area contributed by atoms with Gasteiger partial charge in [-0.15, -0.1) is 0 Å². The number of thiophene rings is 1. The molecule has 2 aromatic rings. The lowest BCUT2D eigenvalue weighted by molar-refractivity contribution is 0.824. The lowest BCUT2D eigenvalue weighted by Crippen LogP contribution is -1.86. The summed E-state index contributed by atoms with van der Waals surface area (Å²) in [5, 5.41) is 2.22. The van der Waals surface area contributed by atoms with Crippen molar-refractivity contribution in [3.8, 4) is 0 Å². The van der Waals surface area contributed by atoms with Crippen LogP contribution in [0, 0.1) is 6.92 Å². The molecule has 0 unspecified atom stereocenters. The van der Waals surface area contributed by atoms with Gasteiger partial charge >= 0.3 is 0 Å². The third kappa shape index (κ3) is 2.44. The van der Waals surface area contributed by atoms with Crippen LogP contribution in [0.2, 0.25) is 0 Å². The van der Waals surface area contributed by atoms with Gasteiger partial charge in [0.25, 0.3) is 0 Å². The summed E-state index contributed by atoms with van der Waals surface area (Å²) in [6.07, 6.45) is 1.08. The second-order valence-electron chi connectivity index (χ2n) is 3.22. The van der Waals surface area contributed by atoms with E-state index in [4.69, 9.17) is 0 Å². The summed E-state index contributed by atoms with van der Waals surface area (Å²) in [5.74, 6) is 0. The Morgan fingerprint density at radius 2 is 1.79 bits per heavy atom. The molecule has 1 aromatic carbocycles. The molecule has 0 amide bonds. The van der Waals surface area contributed by atoms with Gasteiger partial charge in [0.15, 0.2) is 0 Å². The summed E-state index contributed by atoms with van der Waals surface area (Å²) in [5.41, 5.74) is 2.88. The van der Waals surface area contributed by atoms with Gasteiger partial charge in [-0.1, -0.05) is 30.3 Å². The molecule has 0 spiro atoms. The van der Waals surface area contributed by atoms with Crippen molar-refractivity contribution in [3.63, 3.8) is 0 Å². The molecule has 74 valence electrons. The summed E-state index contributed by atoms with van der Waals surface area (Å²) in [4.78, 5) is 1.49. The molecule has 1 nitrogen and oxygen atoms in total. The number of rotatable bonds is 2. The summed E-state index contributed by atoms with van der Waals surface area (Å²) < 4.78 is 0. The second-order valence-corrected chi connectivity index (χ2v) is 4.45. The summed E-state index contributed by atoms with van der Waals surface area (Å²) in [6, 6.07) is 12.9. The molecule has 14 heavy (non-hydrogen) atoms. The van der Waals surface area contributed by atoms with E-state index in [1.165, 1.54) is 27.3 Å². The Morgan fingerprint density at radius 3 is 2.36 bits per heavy atom. The van der Waals surface area contributed by atoms with Gasteiger partial charge in [0.1, 0.15) is 10.3 Å². The van der Waals surface area contributed by atoms with Crippen LogP contribution in [0.3, 0.4) is 0 Å². The first kappa shape index (κ1) is 11.0. The van der Waals surface area contributed by atoms with Crippen molar-refractivity contribution < 1.29 is 5.48 Å². The topological polar surface area (TPSA) is 30.0 Å². The molecule has 1 heterocycles. The second kappa shape index (κ2) is 4.94. The average Bonchev–Trinajstić information content (AvgIpc) is 2.54. The Morgan fingerprint density at radius 1 is 1.07 bits per heavy atom. The van der Waals surface area contributed by atoms with Crippen LogP contribution in [0.4, 0.5) is 0 Å². The molecule has 0 saturated heterocycles. The minimum atomic E-state index is 0. The molecule has 0 saturated carbocycles. The van der Waals surface area contributed by atoms with E-state index >= 15 is 0 Å². The molecule has 0 aliphatic carbocycles. The van der Waals surface area contributed by atoms with Gasteiger partial charge < -0.3 is 5.48 Å². The fourth-order valence-electron chi connectivity index (χ4n) is 1.45. The van der Waals surface area contributed by atoms with Crippen LogP contribution in [0.5, 0.6) is 0 Å². The molecule has 1 aromatic heterocycles. The number of aryl methyl sites for hydroxylation is 1. The molecule has 1 N–H and O–H groups in total. The van der Waals surface area contributed by atoms with Crippen molar-refractivity contribution in [2.75, 3.05) is 0 Å². The van der Waals surface area contributed by atoms with E-state index in [0.29, 0.717) is 0 Å². The van der Waals surface area contributed by atoms with Crippen LogP contribution in [0.25, 0.3) is 0 Å². The Bertz CT molecular complexity index is 378. The molecule has 0 atom stereocenters. The van der Waals surface area contributed by atoms with Crippen molar-refractivity contribution >= 4 is 11.3 Å². The van der Waals surface area contributed by atoms with Gasteiger partial charge in [0.05, 0.1) is 0 Å². The number of hydrogen-bond acceptors (Lipinski definition) is 1. The Hall–Kier alpha value is -1.12. The molecule has 2 heteroatoms. The highest BCUT2D eigenvalue weighted by Gasteiger charge is 2.05. The van der Waals surface area contributed by atoms with Crippen molar-refractivity contribution in [1.29, 1.82) is 0 Å². The standard InChI is InChI=1S/C12H12S.H2O/c1-10-12(7-8-13-10)9-11-5-3-2-4-6-11;/h2-8H,9H2,1H3;1H2. The average molecular weight is 206 g/mol. The molecule has 0 fully saturated rings. The SMILES string of the molecule is Cc1[sH+]ccc1Cc1ccccc1.[OH-]. The normalized spacial score (nSPS) is 9.50. The molecule has 0 aliphatic rings. The predicted molar refractivity (Wildman–Crippen MR) is 61.6 cm³/mol. The van der Waals surface area contributed by atoms with Crippen LogP contribution in [0.15, 0.2) is 41.8 Å². The fourth-order valence-corrected chi connectivity index (χ4v) is 2.24. The van der Waals surface area contributed by atoms with Crippen LogP contribution >= 0.6 is 11.3 Å². The van der Waals surface area contributed by atoms with Crippen molar-refractivity contribution in [3.05, 3.63) is 57.8 Å². The van der Waals surface area contributed by atoms with Crippen molar-refractivity contribution in [2.24, 2.45) is 0 Å². The van der Waals surface area contributed by atoms with Crippen LogP contribution < -0.4 is 0 Å². The minimum Gasteiger partial charge on any atom is -0.870 e. The molecule has 2 rings (SSSR count). The zero-order chi connectivity index (χ0) is 9.10. The smallest absolute Gasteiger partial charge is 0.148 e. The van der Waals surface area contributed by atoms with E-state index in [1.807, 2.05) is 0 Å². The summed E-state index contributed by atoms with van der Waals surface area (Å²) in [7, 11) is 0. The van der Waals surface area contributed by atoms with Gasteiger partial charge in [-0.3, -0.25) is 0 Å². The highest BCUT2D eigenvalue weighted by molar-refractivity contribution is 7.10. The largest absolute Gasteiger partial charge is 0.870 e. The predicted octanol–water partition coefficient (Wildman–Crippen LogP) is 3.20. The molecular formula is C12H14OS. The summed E-state index contributed by atoms with van der Waals surface area (Å²) in [6.45, 7) is 2.21. The first-order valence-electron chi connectivity index (χ1n) is 4.47. The quantitative estimate of drug-likeness (QED) is 0.694. The number of hydrogen-bond donors (Lipinski definition) is 0. The zero-order valence-corrected chi connectivity index (χ0v) is 9.04. The van der Waals surface area contributed by atoms with E-state index in [0.717, 1.165) is 6.42 Å². The van der Waals surface area contributed by atoms with Gasteiger partial charge in [0, 0.05) is 18.9 Å². The van der Waals surface area contributed by atoms with Crippen LogP contribution in [-0.2, 0) is 6.42 Å². The third-order valence-corrected chi connectivity index (χ3v) is 3.22. The van der Waals surface area contributed by atoms with Gasteiger partial charge in [-0.05, 0) is 23.0 Å². The zero-order valence-electron chi connectivity index (χ0n) is 8.14. The monoisotopic (exact) mass is 206 g/mol. The van der Waals surface area contributed by atoms with Crippen LogP contribution in [-0.4, -0.2) is 5.48 Å². The third-order valence-electron chi connectivity index (χ3n) is 2.25. The van der Waals surface area contributed by atoms with E-state index in [1.54, 1.807) is 0 Å². The van der Waals surface area contributed by atoms with Gasteiger partial charge in [-0.25, -0.2) is 0 Å². The van der Waals surface area contributed by atoms with Crippen molar-refractivity contribution in [2.45, 2.75) is 13.3 Å². The number of benzene rings is 1. The maximum atomic E-state index is 2.24. The molecule has 0 aliphatic heterocycles. The first-order valence-corrected chi connectivity index (χ1v) is 5.44. The maximum absolute atomic E-state index is 2.24. The maximum Gasteiger partial charge on any atom is 0.148 e.